The molecule has 2 aromatic heterocycles. The zero-order valence-corrected chi connectivity index (χ0v) is 15.3. The van der Waals surface area contributed by atoms with Gasteiger partial charge in [0.15, 0.2) is 5.01 Å². The van der Waals surface area contributed by atoms with E-state index in [2.05, 4.69) is 28.2 Å². The lowest BCUT2D eigenvalue weighted by Gasteiger charge is -2.24. The Bertz CT molecular complexity index is 965. The highest BCUT2D eigenvalue weighted by atomic mass is 32.1. The minimum atomic E-state index is -0.247. The van der Waals surface area contributed by atoms with E-state index < -0.39 is 0 Å². The van der Waals surface area contributed by atoms with Crippen LogP contribution in [0.4, 0.5) is 5.00 Å². The molecule has 0 bridgehead atoms. The van der Waals surface area contributed by atoms with Crippen LogP contribution >= 0.6 is 22.7 Å². The van der Waals surface area contributed by atoms with Gasteiger partial charge in [-0.1, -0.05) is 19.1 Å². The van der Waals surface area contributed by atoms with Gasteiger partial charge in [-0.25, -0.2) is 4.98 Å². The van der Waals surface area contributed by atoms with Gasteiger partial charge in [0.25, 0.3) is 5.91 Å². The number of carbonyl (C=O) groups is 1. The molecule has 0 atom stereocenters. The minimum absolute atomic E-state index is 0.247. The number of para-hydroxylation sites is 1. The van der Waals surface area contributed by atoms with Crippen LogP contribution < -0.4 is 5.32 Å². The molecule has 1 aliphatic heterocycles. The van der Waals surface area contributed by atoms with Crippen molar-refractivity contribution >= 4 is 43.8 Å². The third-order valence-corrected chi connectivity index (χ3v) is 6.58. The summed E-state index contributed by atoms with van der Waals surface area (Å²) in [6.07, 6.45) is 0.861. The van der Waals surface area contributed by atoms with Crippen molar-refractivity contribution in [2.75, 3.05) is 18.4 Å². The lowest BCUT2D eigenvalue weighted by molar-refractivity contribution is 0.102. The van der Waals surface area contributed by atoms with E-state index in [4.69, 9.17) is 0 Å². The zero-order valence-electron chi connectivity index (χ0n) is 13.7. The third-order valence-electron chi connectivity index (χ3n) is 4.41. The molecule has 0 saturated carbocycles. The Morgan fingerprint density at radius 1 is 1.40 bits per heavy atom. The van der Waals surface area contributed by atoms with Crippen molar-refractivity contribution in [3.63, 3.8) is 0 Å². The van der Waals surface area contributed by atoms with Gasteiger partial charge in [0, 0.05) is 18.0 Å². The molecule has 1 aromatic carbocycles. The minimum Gasteiger partial charge on any atom is -0.310 e. The second-order valence-electron chi connectivity index (χ2n) is 5.88. The molecule has 0 fully saturated rings. The van der Waals surface area contributed by atoms with Gasteiger partial charge in [0.1, 0.15) is 11.1 Å². The number of thiophene rings is 1. The average Bonchev–Trinajstić information content (AvgIpc) is 3.21. The number of hydrogen-bond acceptors (Lipinski definition) is 6. The molecule has 3 aromatic rings. The summed E-state index contributed by atoms with van der Waals surface area (Å²) in [5.41, 5.74) is 2.53. The van der Waals surface area contributed by atoms with E-state index in [0.717, 1.165) is 41.8 Å². The number of fused-ring (bicyclic) bond motifs is 2. The number of rotatable bonds is 3. The van der Waals surface area contributed by atoms with Gasteiger partial charge >= 0.3 is 0 Å². The molecule has 1 aliphatic rings. The Kier molecular flexibility index (Phi) is 4.25. The maximum Gasteiger partial charge on any atom is 0.285 e. The fourth-order valence-corrected chi connectivity index (χ4v) is 5.15. The highest BCUT2D eigenvalue weighted by Crippen LogP contribution is 2.37. The Morgan fingerprint density at radius 3 is 3.00 bits per heavy atom. The van der Waals surface area contributed by atoms with Gasteiger partial charge in [-0.05, 0) is 30.7 Å². The van der Waals surface area contributed by atoms with Crippen LogP contribution in [0.1, 0.15) is 32.7 Å². The lowest BCUT2D eigenvalue weighted by Crippen LogP contribution is -2.29. The van der Waals surface area contributed by atoms with Crippen LogP contribution in [0.2, 0.25) is 0 Å². The van der Waals surface area contributed by atoms with Crippen molar-refractivity contribution in [3.8, 4) is 6.07 Å². The van der Waals surface area contributed by atoms with E-state index in [1.807, 2.05) is 24.3 Å². The molecule has 1 amide bonds. The smallest absolute Gasteiger partial charge is 0.285 e. The second kappa shape index (κ2) is 6.56. The van der Waals surface area contributed by atoms with Crippen LogP contribution in [-0.4, -0.2) is 28.9 Å². The fraction of sp³-hybridized carbons (Fsp3) is 0.278. The van der Waals surface area contributed by atoms with Crippen LogP contribution in [0.5, 0.6) is 0 Å². The number of likely N-dealkylation sites (N-methyl/N-ethyl adjacent to an activating group) is 1. The van der Waals surface area contributed by atoms with Crippen LogP contribution in [0.3, 0.4) is 0 Å². The molecular weight excluding hydrogens is 352 g/mol. The Hall–Kier alpha value is -2.27. The van der Waals surface area contributed by atoms with E-state index in [1.165, 1.54) is 27.6 Å². The number of amides is 1. The second-order valence-corrected chi connectivity index (χ2v) is 8.02. The van der Waals surface area contributed by atoms with E-state index in [-0.39, 0.29) is 5.91 Å². The number of nitrogens with zero attached hydrogens (tertiary/aromatic N) is 3. The van der Waals surface area contributed by atoms with Crippen molar-refractivity contribution < 1.29 is 4.79 Å². The monoisotopic (exact) mass is 368 g/mol. The SMILES string of the molecule is CCN1CCc2c(sc(NC(=O)c3nc4ccccc4s3)c2C#N)C1. The van der Waals surface area contributed by atoms with Gasteiger partial charge in [0.2, 0.25) is 0 Å². The number of anilines is 1. The molecule has 0 aliphatic carbocycles. The van der Waals surface area contributed by atoms with Crippen LogP contribution in [-0.2, 0) is 13.0 Å². The largest absolute Gasteiger partial charge is 0.310 e. The number of carbonyl (C=O) groups excluding carboxylic acids is 1. The highest BCUT2D eigenvalue weighted by molar-refractivity contribution is 7.20. The van der Waals surface area contributed by atoms with Crippen molar-refractivity contribution in [1.82, 2.24) is 9.88 Å². The molecular formula is C18H16N4OS2. The Morgan fingerprint density at radius 2 is 2.24 bits per heavy atom. The molecule has 5 nitrogen and oxygen atoms in total. The fourth-order valence-electron chi connectivity index (χ4n) is 3.06. The highest BCUT2D eigenvalue weighted by Gasteiger charge is 2.25. The van der Waals surface area contributed by atoms with E-state index in [9.17, 15) is 10.1 Å². The Labute approximate surface area is 153 Å². The van der Waals surface area contributed by atoms with Crippen molar-refractivity contribution in [2.45, 2.75) is 19.9 Å². The maximum atomic E-state index is 12.6. The van der Waals surface area contributed by atoms with Crippen LogP contribution in [0, 0.1) is 11.3 Å². The first-order chi connectivity index (χ1) is 12.2. The molecule has 126 valence electrons. The lowest BCUT2D eigenvalue weighted by atomic mass is 10.0. The van der Waals surface area contributed by atoms with E-state index in [1.54, 1.807) is 0 Å². The van der Waals surface area contributed by atoms with Crippen molar-refractivity contribution in [1.29, 1.82) is 5.26 Å². The molecule has 7 heteroatoms. The number of thiazole rings is 1. The molecule has 3 heterocycles. The van der Waals surface area contributed by atoms with Crippen molar-refractivity contribution in [3.05, 3.63) is 45.3 Å². The number of aromatic nitrogens is 1. The molecule has 1 N–H and O–H groups in total. The maximum absolute atomic E-state index is 12.6. The van der Waals surface area contributed by atoms with E-state index >= 15 is 0 Å². The summed E-state index contributed by atoms with van der Waals surface area (Å²) in [6, 6.07) is 9.97. The average molecular weight is 368 g/mol. The quantitative estimate of drug-likeness (QED) is 0.762. The molecule has 0 radical (unpaired) electrons. The number of nitriles is 1. The summed E-state index contributed by atoms with van der Waals surface area (Å²) < 4.78 is 0.984. The van der Waals surface area contributed by atoms with Gasteiger partial charge in [-0.2, -0.15) is 5.26 Å². The molecule has 4 rings (SSSR count). The van der Waals surface area contributed by atoms with Gasteiger partial charge in [-0.3, -0.25) is 9.69 Å². The molecule has 25 heavy (non-hydrogen) atoms. The number of hydrogen-bond donors (Lipinski definition) is 1. The first-order valence-electron chi connectivity index (χ1n) is 8.13. The summed E-state index contributed by atoms with van der Waals surface area (Å²) in [5, 5.41) is 13.5. The van der Waals surface area contributed by atoms with Crippen LogP contribution in [0.25, 0.3) is 10.2 Å². The standard InChI is InChI=1S/C18H16N4OS2/c1-2-22-8-7-11-12(9-19)17(25-15(11)10-22)21-16(23)18-20-13-5-3-4-6-14(13)24-18/h3-6H,2,7-8,10H2,1H3,(H,21,23). The predicted octanol–water partition coefficient (Wildman–Crippen LogP) is 3.86. The van der Waals surface area contributed by atoms with Gasteiger partial charge in [-0.15, -0.1) is 22.7 Å². The van der Waals surface area contributed by atoms with E-state index in [0.29, 0.717) is 15.6 Å². The first-order valence-corrected chi connectivity index (χ1v) is 9.76. The third kappa shape index (κ3) is 2.93. The Balaban J connectivity index is 1.63. The summed E-state index contributed by atoms with van der Waals surface area (Å²) in [5.74, 6) is -0.247. The van der Waals surface area contributed by atoms with Gasteiger partial charge in [0.05, 0.1) is 15.8 Å². The number of benzene rings is 1. The summed E-state index contributed by atoms with van der Waals surface area (Å²) in [7, 11) is 0. The van der Waals surface area contributed by atoms with Gasteiger partial charge < -0.3 is 5.32 Å². The summed E-state index contributed by atoms with van der Waals surface area (Å²) in [4.78, 5) is 20.5. The molecule has 0 saturated heterocycles. The first kappa shape index (κ1) is 16.2. The molecule has 0 unspecified atom stereocenters. The molecule has 0 spiro atoms. The predicted molar refractivity (Wildman–Crippen MR) is 101 cm³/mol. The summed E-state index contributed by atoms with van der Waals surface area (Å²) in [6.45, 7) is 4.94. The van der Waals surface area contributed by atoms with Crippen LogP contribution in [0.15, 0.2) is 24.3 Å². The van der Waals surface area contributed by atoms with Crippen molar-refractivity contribution in [2.24, 2.45) is 0 Å². The normalized spacial score (nSPS) is 14.2. The zero-order chi connectivity index (χ0) is 17.4. The summed E-state index contributed by atoms with van der Waals surface area (Å²) >= 11 is 2.88. The number of nitrogens with one attached hydrogen (secondary N) is 1. The topological polar surface area (TPSA) is 69.0 Å².